The molecule has 5 heteroatoms. The van der Waals surface area contributed by atoms with E-state index in [4.69, 9.17) is 22.6 Å². The molecule has 0 bridgehead atoms. The number of halogens is 3. The molecule has 0 aliphatic carbocycles. The molecule has 2 N–H and O–H groups in total. The van der Waals surface area contributed by atoms with E-state index in [1.807, 2.05) is 0 Å². The van der Waals surface area contributed by atoms with Crippen molar-refractivity contribution in [1.82, 2.24) is 0 Å². The Bertz CT molecular complexity index is 435. The molecule has 0 unspecified atom stereocenters. The van der Waals surface area contributed by atoms with E-state index < -0.39 is 11.6 Å². The van der Waals surface area contributed by atoms with Gasteiger partial charge in [-0.25, -0.2) is 8.78 Å². The number of allylic oxidation sites excluding steroid dienone is 1. The SMILES string of the molecule is N#C/C=C(/N)c1cc(F)c(Cl)cc1F. The zero-order valence-electron chi connectivity index (χ0n) is 6.89. The first-order chi connectivity index (χ1) is 6.56. The van der Waals surface area contributed by atoms with Crippen molar-refractivity contribution in [2.45, 2.75) is 0 Å². The van der Waals surface area contributed by atoms with E-state index >= 15 is 0 Å². The number of nitriles is 1. The lowest BCUT2D eigenvalue weighted by molar-refractivity contribution is 0.597. The number of nitrogens with zero attached hydrogens (tertiary/aromatic N) is 1. The highest BCUT2D eigenvalue weighted by Crippen LogP contribution is 2.22. The van der Waals surface area contributed by atoms with Crippen LogP contribution in [-0.4, -0.2) is 0 Å². The summed E-state index contributed by atoms with van der Waals surface area (Å²) in [6.07, 6.45) is 0.922. The highest BCUT2D eigenvalue weighted by Gasteiger charge is 2.10. The molecule has 0 saturated heterocycles. The van der Waals surface area contributed by atoms with Gasteiger partial charge in [-0.2, -0.15) is 5.26 Å². The molecule has 1 aromatic carbocycles. The summed E-state index contributed by atoms with van der Waals surface area (Å²) in [6.45, 7) is 0. The van der Waals surface area contributed by atoms with E-state index in [0.29, 0.717) is 0 Å². The molecule has 0 radical (unpaired) electrons. The lowest BCUT2D eigenvalue weighted by Gasteiger charge is -2.03. The van der Waals surface area contributed by atoms with Gasteiger partial charge in [0.15, 0.2) is 0 Å². The molecule has 1 rings (SSSR count). The molecule has 0 aromatic heterocycles. The first-order valence-corrected chi connectivity index (χ1v) is 3.94. The Balaban J connectivity index is 3.31. The van der Waals surface area contributed by atoms with E-state index in [9.17, 15) is 8.78 Å². The summed E-state index contributed by atoms with van der Waals surface area (Å²) in [5.41, 5.74) is 5.00. The number of hydrogen-bond acceptors (Lipinski definition) is 2. The van der Waals surface area contributed by atoms with Gasteiger partial charge in [0.25, 0.3) is 0 Å². The Kier molecular flexibility index (Phi) is 3.05. The van der Waals surface area contributed by atoms with Crippen LogP contribution in [0.25, 0.3) is 5.70 Å². The number of nitrogens with two attached hydrogens (primary N) is 1. The van der Waals surface area contributed by atoms with Crippen molar-refractivity contribution in [3.8, 4) is 6.07 Å². The van der Waals surface area contributed by atoms with Crippen molar-refractivity contribution in [1.29, 1.82) is 5.26 Å². The minimum Gasteiger partial charge on any atom is -0.398 e. The summed E-state index contributed by atoms with van der Waals surface area (Å²) < 4.78 is 26.0. The largest absolute Gasteiger partial charge is 0.398 e. The van der Waals surface area contributed by atoms with Crippen LogP contribution in [0.2, 0.25) is 5.02 Å². The van der Waals surface area contributed by atoms with Gasteiger partial charge in [-0.15, -0.1) is 0 Å². The molecule has 0 aliphatic rings. The molecule has 0 heterocycles. The predicted octanol–water partition coefficient (Wildman–Crippen LogP) is 2.44. The molecule has 72 valence electrons. The second-order valence-corrected chi connectivity index (χ2v) is 2.88. The van der Waals surface area contributed by atoms with E-state index in [-0.39, 0.29) is 16.3 Å². The average Bonchev–Trinajstić information content (AvgIpc) is 2.11. The van der Waals surface area contributed by atoms with E-state index in [1.165, 1.54) is 0 Å². The summed E-state index contributed by atoms with van der Waals surface area (Å²) in [4.78, 5) is 0. The predicted molar refractivity (Wildman–Crippen MR) is 49.1 cm³/mol. The highest BCUT2D eigenvalue weighted by atomic mass is 35.5. The van der Waals surface area contributed by atoms with Crippen LogP contribution in [0.3, 0.4) is 0 Å². The van der Waals surface area contributed by atoms with Crippen molar-refractivity contribution < 1.29 is 8.78 Å². The maximum Gasteiger partial charge on any atom is 0.142 e. The summed E-state index contributed by atoms with van der Waals surface area (Å²) in [5, 5.41) is 7.94. The third kappa shape index (κ3) is 2.01. The quantitative estimate of drug-likeness (QED) is 0.577. The summed E-state index contributed by atoms with van der Waals surface area (Å²) >= 11 is 5.33. The normalized spacial score (nSPS) is 11.1. The smallest absolute Gasteiger partial charge is 0.142 e. The van der Waals surface area contributed by atoms with Gasteiger partial charge in [0.1, 0.15) is 11.6 Å². The van der Waals surface area contributed by atoms with Gasteiger partial charge >= 0.3 is 0 Å². The summed E-state index contributed by atoms with van der Waals surface area (Å²) in [5.74, 6) is -1.54. The van der Waals surface area contributed by atoms with Crippen molar-refractivity contribution in [3.05, 3.63) is 40.4 Å². The lowest BCUT2D eigenvalue weighted by atomic mass is 10.1. The molecular formula is C9H5ClF2N2. The molecule has 1 aromatic rings. The van der Waals surface area contributed by atoms with Crippen molar-refractivity contribution in [2.75, 3.05) is 0 Å². The van der Waals surface area contributed by atoms with Crippen LogP contribution in [0.15, 0.2) is 18.2 Å². The van der Waals surface area contributed by atoms with E-state index in [2.05, 4.69) is 0 Å². The maximum atomic E-state index is 13.1. The molecule has 2 nitrogen and oxygen atoms in total. The first kappa shape index (κ1) is 10.5. The van der Waals surface area contributed by atoms with Crippen LogP contribution in [-0.2, 0) is 0 Å². The standard InChI is InChI=1S/C9H5ClF2N2/c10-6-4-7(11)5(3-8(6)12)9(14)1-2-13/h1,3-4H,14H2/b9-1+. The van der Waals surface area contributed by atoms with Crippen LogP contribution in [0.5, 0.6) is 0 Å². The highest BCUT2D eigenvalue weighted by molar-refractivity contribution is 6.30. The second kappa shape index (κ2) is 4.07. The van der Waals surface area contributed by atoms with Gasteiger partial charge in [0.05, 0.1) is 16.8 Å². The van der Waals surface area contributed by atoms with E-state index in [0.717, 1.165) is 18.2 Å². The Morgan fingerprint density at radius 2 is 2.07 bits per heavy atom. The Morgan fingerprint density at radius 1 is 1.43 bits per heavy atom. The molecule has 0 spiro atoms. The number of hydrogen-bond donors (Lipinski definition) is 1. The summed E-state index contributed by atoms with van der Waals surface area (Å²) in [7, 11) is 0. The third-order valence-electron chi connectivity index (χ3n) is 1.54. The van der Waals surface area contributed by atoms with Crippen LogP contribution in [0.4, 0.5) is 8.78 Å². The van der Waals surface area contributed by atoms with Crippen LogP contribution < -0.4 is 5.73 Å². The monoisotopic (exact) mass is 214 g/mol. The lowest BCUT2D eigenvalue weighted by Crippen LogP contribution is -2.00. The van der Waals surface area contributed by atoms with Gasteiger partial charge in [-0.3, -0.25) is 0 Å². The maximum absolute atomic E-state index is 13.1. The van der Waals surface area contributed by atoms with Gasteiger partial charge in [-0.05, 0) is 12.1 Å². The summed E-state index contributed by atoms with van der Waals surface area (Å²) in [6, 6.07) is 3.28. The van der Waals surface area contributed by atoms with Crippen LogP contribution in [0, 0.1) is 23.0 Å². The molecule has 0 saturated carbocycles. The van der Waals surface area contributed by atoms with Gasteiger partial charge in [0, 0.05) is 11.6 Å². The van der Waals surface area contributed by atoms with Gasteiger partial charge < -0.3 is 5.73 Å². The van der Waals surface area contributed by atoms with Crippen LogP contribution in [0.1, 0.15) is 5.56 Å². The fourth-order valence-electron chi connectivity index (χ4n) is 0.891. The fraction of sp³-hybridized carbons (Fsp3) is 0. The molecule has 0 fully saturated rings. The van der Waals surface area contributed by atoms with Gasteiger partial charge in [-0.1, -0.05) is 11.6 Å². The van der Waals surface area contributed by atoms with Crippen molar-refractivity contribution >= 4 is 17.3 Å². The second-order valence-electron chi connectivity index (χ2n) is 2.47. The number of rotatable bonds is 1. The minimum atomic E-state index is -0.780. The Labute approximate surface area is 84.2 Å². The number of benzene rings is 1. The minimum absolute atomic E-state index is 0.138. The first-order valence-electron chi connectivity index (χ1n) is 3.56. The third-order valence-corrected chi connectivity index (χ3v) is 1.83. The Morgan fingerprint density at radius 3 is 2.64 bits per heavy atom. The molecular weight excluding hydrogens is 210 g/mol. The molecule has 0 amide bonds. The average molecular weight is 215 g/mol. The molecule has 0 atom stereocenters. The molecule has 14 heavy (non-hydrogen) atoms. The van der Waals surface area contributed by atoms with E-state index in [1.54, 1.807) is 6.07 Å². The van der Waals surface area contributed by atoms with Crippen LogP contribution >= 0.6 is 11.6 Å². The van der Waals surface area contributed by atoms with Crippen molar-refractivity contribution in [2.24, 2.45) is 5.73 Å². The van der Waals surface area contributed by atoms with Crippen molar-refractivity contribution in [3.63, 3.8) is 0 Å². The fourth-order valence-corrected chi connectivity index (χ4v) is 1.04. The zero-order valence-corrected chi connectivity index (χ0v) is 7.65. The topological polar surface area (TPSA) is 49.8 Å². The zero-order chi connectivity index (χ0) is 10.7. The Hall–Kier alpha value is -1.60. The van der Waals surface area contributed by atoms with Gasteiger partial charge in [0.2, 0.25) is 0 Å². The molecule has 0 aliphatic heterocycles.